The highest BCUT2D eigenvalue weighted by Gasteiger charge is 2.11. The lowest BCUT2D eigenvalue weighted by molar-refractivity contribution is 0.0939. The summed E-state index contributed by atoms with van der Waals surface area (Å²) in [5, 5.41) is 2.91. The number of hydrogen-bond acceptors (Lipinski definition) is 3. The predicted octanol–water partition coefficient (Wildman–Crippen LogP) is 2.08. The first-order valence-electron chi connectivity index (χ1n) is 6.32. The molecule has 0 bridgehead atoms. The van der Waals surface area contributed by atoms with Crippen molar-refractivity contribution in [2.24, 2.45) is 5.73 Å². The monoisotopic (exact) mass is 268 g/mol. The minimum atomic E-state index is -0.154. The summed E-state index contributed by atoms with van der Waals surface area (Å²) in [5.74, 6) is 5.61. The summed E-state index contributed by atoms with van der Waals surface area (Å²) in [5.41, 5.74) is 7.77. The van der Waals surface area contributed by atoms with E-state index in [1.54, 1.807) is 6.07 Å². The van der Waals surface area contributed by atoms with Crippen LogP contribution in [-0.2, 0) is 0 Å². The molecule has 1 atom stereocenters. The lowest BCUT2D eigenvalue weighted by Crippen LogP contribution is -2.26. The van der Waals surface area contributed by atoms with Crippen LogP contribution in [0.4, 0.5) is 0 Å². The van der Waals surface area contributed by atoms with Crippen LogP contribution in [0.15, 0.2) is 47.3 Å². The van der Waals surface area contributed by atoms with Crippen LogP contribution in [0.25, 0.3) is 0 Å². The summed E-state index contributed by atoms with van der Waals surface area (Å²) in [7, 11) is 0. The Morgan fingerprint density at radius 1 is 1.35 bits per heavy atom. The second kappa shape index (κ2) is 6.60. The molecule has 0 aliphatic heterocycles. The number of rotatable bonds is 3. The fourth-order valence-electron chi connectivity index (χ4n) is 1.77. The SMILES string of the molecule is CC(NC(=O)c1ccoc1)c1ccc(C#CCN)cc1. The van der Waals surface area contributed by atoms with Gasteiger partial charge in [-0.15, -0.1) is 0 Å². The molecule has 4 heteroatoms. The number of benzene rings is 1. The molecule has 4 nitrogen and oxygen atoms in total. The third-order valence-electron chi connectivity index (χ3n) is 2.88. The van der Waals surface area contributed by atoms with Gasteiger partial charge in [0.25, 0.3) is 5.91 Å². The maximum Gasteiger partial charge on any atom is 0.255 e. The largest absolute Gasteiger partial charge is 0.472 e. The van der Waals surface area contributed by atoms with Gasteiger partial charge >= 0.3 is 0 Å². The van der Waals surface area contributed by atoms with Crippen LogP contribution in [0.2, 0.25) is 0 Å². The first-order chi connectivity index (χ1) is 9.70. The van der Waals surface area contributed by atoms with Gasteiger partial charge in [-0.2, -0.15) is 0 Å². The summed E-state index contributed by atoms with van der Waals surface area (Å²) >= 11 is 0. The number of carbonyl (C=O) groups excluding carboxylic acids is 1. The van der Waals surface area contributed by atoms with E-state index in [0.29, 0.717) is 12.1 Å². The van der Waals surface area contributed by atoms with Crippen LogP contribution in [0.3, 0.4) is 0 Å². The van der Waals surface area contributed by atoms with Crippen molar-refractivity contribution < 1.29 is 9.21 Å². The molecule has 1 unspecified atom stereocenters. The molecule has 1 aromatic heterocycles. The van der Waals surface area contributed by atoms with E-state index in [-0.39, 0.29) is 11.9 Å². The summed E-state index contributed by atoms with van der Waals surface area (Å²) in [6, 6.07) is 9.26. The minimum Gasteiger partial charge on any atom is -0.472 e. The first-order valence-corrected chi connectivity index (χ1v) is 6.32. The quantitative estimate of drug-likeness (QED) is 0.837. The van der Waals surface area contributed by atoms with Gasteiger partial charge in [0.15, 0.2) is 0 Å². The average Bonchev–Trinajstić information content (AvgIpc) is 3.00. The van der Waals surface area contributed by atoms with Crippen LogP contribution in [0, 0.1) is 11.8 Å². The molecule has 1 aromatic carbocycles. The zero-order chi connectivity index (χ0) is 14.4. The van der Waals surface area contributed by atoms with E-state index in [4.69, 9.17) is 10.2 Å². The van der Waals surface area contributed by atoms with Crippen molar-refractivity contribution in [3.63, 3.8) is 0 Å². The molecule has 0 spiro atoms. The Labute approximate surface area is 118 Å². The van der Waals surface area contributed by atoms with E-state index in [1.807, 2.05) is 31.2 Å². The first kappa shape index (κ1) is 13.9. The molecular weight excluding hydrogens is 252 g/mol. The molecular formula is C16H16N2O2. The van der Waals surface area contributed by atoms with E-state index >= 15 is 0 Å². The van der Waals surface area contributed by atoms with Gasteiger partial charge < -0.3 is 15.5 Å². The van der Waals surface area contributed by atoms with Crippen LogP contribution in [-0.4, -0.2) is 12.5 Å². The molecule has 102 valence electrons. The number of amides is 1. The Hall–Kier alpha value is -2.51. The summed E-state index contributed by atoms with van der Waals surface area (Å²) in [6.45, 7) is 2.28. The molecule has 1 heterocycles. The number of furan rings is 1. The van der Waals surface area contributed by atoms with Gasteiger partial charge in [0.1, 0.15) is 6.26 Å². The smallest absolute Gasteiger partial charge is 0.255 e. The van der Waals surface area contributed by atoms with Gasteiger partial charge in [-0.1, -0.05) is 24.0 Å². The Balaban J connectivity index is 2.02. The van der Waals surface area contributed by atoms with Crippen molar-refractivity contribution in [2.45, 2.75) is 13.0 Å². The Kier molecular flexibility index (Phi) is 4.59. The third-order valence-corrected chi connectivity index (χ3v) is 2.88. The third kappa shape index (κ3) is 3.50. The van der Waals surface area contributed by atoms with Crippen LogP contribution < -0.4 is 11.1 Å². The van der Waals surface area contributed by atoms with Crippen molar-refractivity contribution in [3.05, 3.63) is 59.5 Å². The number of carbonyl (C=O) groups is 1. The minimum absolute atomic E-state index is 0.0890. The van der Waals surface area contributed by atoms with Crippen LogP contribution in [0.1, 0.15) is 34.5 Å². The maximum atomic E-state index is 11.9. The maximum absolute atomic E-state index is 11.9. The van der Waals surface area contributed by atoms with Crippen molar-refractivity contribution >= 4 is 5.91 Å². The average molecular weight is 268 g/mol. The van der Waals surface area contributed by atoms with E-state index in [0.717, 1.165) is 11.1 Å². The topological polar surface area (TPSA) is 68.3 Å². The highest BCUT2D eigenvalue weighted by Crippen LogP contribution is 2.14. The van der Waals surface area contributed by atoms with Crippen molar-refractivity contribution in [1.29, 1.82) is 0 Å². The van der Waals surface area contributed by atoms with Gasteiger partial charge in [-0.3, -0.25) is 4.79 Å². The molecule has 2 rings (SSSR count). The Bertz CT molecular complexity index is 619. The molecule has 0 aliphatic carbocycles. The van der Waals surface area contributed by atoms with Crippen molar-refractivity contribution in [2.75, 3.05) is 6.54 Å². The molecule has 2 aromatic rings. The lowest BCUT2D eigenvalue weighted by atomic mass is 10.1. The van der Waals surface area contributed by atoms with E-state index in [1.165, 1.54) is 12.5 Å². The van der Waals surface area contributed by atoms with Gasteiger partial charge in [-0.25, -0.2) is 0 Å². The highest BCUT2D eigenvalue weighted by atomic mass is 16.3. The zero-order valence-corrected chi connectivity index (χ0v) is 11.2. The second-order valence-electron chi connectivity index (χ2n) is 4.34. The standard InChI is InChI=1S/C16H16N2O2/c1-12(18-16(19)15-8-10-20-11-15)14-6-4-13(5-7-14)3-2-9-17/h4-8,10-12H,9,17H2,1H3,(H,18,19). The Morgan fingerprint density at radius 3 is 2.70 bits per heavy atom. The summed E-state index contributed by atoms with van der Waals surface area (Å²) < 4.78 is 4.89. The molecule has 0 radical (unpaired) electrons. The van der Waals surface area contributed by atoms with Crippen molar-refractivity contribution in [3.8, 4) is 11.8 Å². The van der Waals surface area contributed by atoms with E-state index < -0.39 is 0 Å². The normalized spacial score (nSPS) is 11.3. The van der Waals surface area contributed by atoms with Gasteiger partial charge in [0.05, 0.1) is 24.4 Å². The second-order valence-corrected chi connectivity index (χ2v) is 4.34. The summed E-state index contributed by atoms with van der Waals surface area (Å²) in [4.78, 5) is 11.9. The fraction of sp³-hybridized carbons (Fsp3) is 0.188. The number of hydrogen-bond donors (Lipinski definition) is 2. The predicted molar refractivity (Wildman–Crippen MR) is 77.0 cm³/mol. The lowest BCUT2D eigenvalue weighted by Gasteiger charge is -2.13. The van der Waals surface area contributed by atoms with Crippen molar-refractivity contribution in [1.82, 2.24) is 5.32 Å². The van der Waals surface area contributed by atoms with Gasteiger partial charge in [-0.05, 0) is 30.7 Å². The molecule has 3 N–H and O–H groups in total. The Morgan fingerprint density at radius 2 is 2.10 bits per heavy atom. The molecule has 1 amide bonds. The van der Waals surface area contributed by atoms with E-state index in [9.17, 15) is 4.79 Å². The fourth-order valence-corrected chi connectivity index (χ4v) is 1.77. The van der Waals surface area contributed by atoms with E-state index in [2.05, 4.69) is 17.2 Å². The molecule has 20 heavy (non-hydrogen) atoms. The summed E-state index contributed by atoms with van der Waals surface area (Å²) in [6.07, 6.45) is 2.90. The zero-order valence-electron chi connectivity index (χ0n) is 11.2. The van der Waals surface area contributed by atoms with Crippen LogP contribution >= 0.6 is 0 Å². The van der Waals surface area contributed by atoms with Crippen LogP contribution in [0.5, 0.6) is 0 Å². The number of nitrogens with two attached hydrogens (primary N) is 1. The number of nitrogens with one attached hydrogen (secondary N) is 1. The molecule has 0 aliphatic rings. The molecule has 0 saturated carbocycles. The van der Waals surface area contributed by atoms with Gasteiger partial charge in [0, 0.05) is 5.56 Å². The molecule has 0 fully saturated rings. The molecule has 0 saturated heterocycles. The highest BCUT2D eigenvalue weighted by molar-refractivity contribution is 5.94. The van der Waals surface area contributed by atoms with Gasteiger partial charge in [0.2, 0.25) is 0 Å².